The minimum Gasteiger partial charge on any atom is -0.322 e. The maximum Gasteiger partial charge on any atom is 0.255 e. The van der Waals surface area contributed by atoms with Gasteiger partial charge >= 0.3 is 0 Å². The summed E-state index contributed by atoms with van der Waals surface area (Å²) >= 11 is 5.93. The maximum absolute atomic E-state index is 13.1. The normalized spacial score (nSPS) is 15.5. The van der Waals surface area contributed by atoms with Crippen LogP contribution in [0, 0.1) is 0 Å². The lowest BCUT2D eigenvalue weighted by Gasteiger charge is -2.32. The van der Waals surface area contributed by atoms with Crippen molar-refractivity contribution in [3.05, 3.63) is 59.1 Å². The van der Waals surface area contributed by atoms with E-state index in [9.17, 15) is 13.2 Å². The van der Waals surface area contributed by atoms with Crippen molar-refractivity contribution in [3.63, 3.8) is 0 Å². The minimum absolute atomic E-state index is 0.0644. The number of amides is 1. The summed E-state index contributed by atoms with van der Waals surface area (Å²) in [6, 6.07) is 13.0. The van der Waals surface area contributed by atoms with E-state index in [-0.39, 0.29) is 16.8 Å². The highest BCUT2D eigenvalue weighted by atomic mass is 35.5. The zero-order chi connectivity index (χ0) is 20.1. The predicted octanol–water partition coefficient (Wildman–Crippen LogP) is 4.94. The first kappa shape index (κ1) is 20.8. The van der Waals surface area contributed by atoms with Gasteiger partial charge < -0.3 is 5.32 Å². The highest BCUT2D eigenvalue weighted by Crippen LogP contribution is 2.28. The monoisotopic (exact) mass is 420 g/mol. The molecule has 0 aliphatic heterocycles. The molecule has 28 heavy (non-hydrogen) atoms. The first-order valence-corrected chi connectivity index (χ1v) is 11.4. The number of halogens is 1. The Bertz CT molecular complexity index is 923. The van der Waals surface area contributed by atoms with E-state index in [0.717, 1.165) is 25.7 Å². The summed E-state index contributed by atoms with van der Waals surface area (Å²) in [6.45, 7) is 2.32. The van der Waals surface area contributed by atoms with E-state index in [0.29, 0.717) is 22.8 Å². The van der Waals surface area contributed by atoms with Crippen LogP contribution in [-0.4, -0.2) is 31.2 Å². The molecule has 3 rings (SSSR count). The molecule has 0 spiro atoms. The Kier molecular flexibility index (Phi) is 6.75. The quantitative estimate of drug-likeness (QED) is 0.720. The molecule has 0 saturated heterocycles. The summed E-state index contributed by atoms with van der Waals surface area (Å²) in [6.07, 6.45) is 5.13. The van der Waals surface area contributed by atoms with Crippen LogP contribution in [0.1, 0.15) is 49.4 Å². The molecule has 7 heteroatoms. The standard InChI is InChI=1S/C21H25ClN2O3S/c1-2-24(19-9-4-3-5-10-19)28(26,27)20-13-11-16(12-14-20)21(25)23-18-8-6-7-17(22)15-18/h6-8,11-15,19H,2-5,9-10H2,1H3,(H,23,25). The molecular weight excluding hydrogens is 396 g/mol. The van der Waals surface area contributed by atoms with E-state index >= 15 is 0 Å². The summed E-state index contributed by atoms with van der Waals surface area (Å²) in [5.41, 5.74) is 0.975. The largest absolute Gasteiger partial charge is 0.322 e. The predicted molar refractivity (Wildman–Crippen MR) is 112 cm³/mol. The topological polar surface area (TPSA) is 66.5 Å². The first-order valence-electron chi connectivity index (χ1n) is 9.60. The molecule has 0 atom stereocenters. The van der Waals surface area contributed by atoms with E-state index in [1.807, 2.05) is 6.92 Å². The van der Waals surface area contributed by atoms with E-state index < -0.39 is 10.0 Å². The van der Waals surface area contributed by atoms with E-state index in [1.165, 1.54) is 18.6 Å². The molecule has 0 heterocycles. The second kappa shape index (κ2) is 9.07. The van der Waals surface area contributed by atoms with Crippen LogP contribution < -0.4 is 5.32 Å². The number of hydrogen-bond acceptors (Lipinski definition) is 3. The summed E-state index contributed by atoms with van der Waals surface area (Å²) in [5.74, 6) is -0.314. The number of carbonyl (C=O) groups excluding carboxylic acids is 1. The Hall–Kier alpha value is -1.89. The smallest absolute Gasteiger partial charge is 0.255 e. The average molecular weight is 421 g/mol. The van der Waals surface area contributed by atoms with Crippen molar-refractivity contribution in [1.29, 1.82) is 0 Å². The molecule has 2 aromatic rings. The molecule has 1 N–H and O–H groups in total. The summed E-state index contributed by atoms with van der Waals surface area (Å²) in [5, 5.41) is 3.29. The SMILES string of the molecule is CCN(C1CCCCC1)S(=O)(=O)c1ccc(C(=O)Nc2cccc(Cl)c2)cc1. The maximum atomic E-state index is 13.1. The summed E-state index contributed by atoms with van der Waals surface area (Å²) in [4.78, 5) is 12.6. The molecule has 0 radical (unpaired) electrons. The Labute approximate surface area is 171 Å². The van der Waals surface area contributed by atoms with Crippen LogP contribution >= 0.6 is 11.6 Å². The lowest BCUT2D eigenvalue weighted by Crippen LogP contribution is -2.41. The van der Waals surface area contributed by atoms with Crippen molar-refractivity contribution in [2.45, 2.75) is 50.0 Å². The Morgan fingerprint density at radius 3 is 2.39 bits per heavy atom. The Morgan fingerprint density at radius 2 is 1.79 bits per heavy atom. The fraction of sp³-hybridized carbons (Fsp3) is 0.381. The summed E-state index contributed by atoms with van der Waals surface area (Å²) in [7, 11) is -3.57. The zero-order valence-corrected chi connectivity index (χ0v) is 17.5. The number of anilines is 1. The Balaban J connectivity index is 1.75. The van der Waals surface area contributed by atoms with Gasteiger partial charge in [0.05, 0.1) is 4.90 Å². The van der Waals surface area contributed by atoms with E-state index in [4.69, 9.17) is 11.6 Å². The van der Waals surface area contributed by atoms with Gasteiger partial charge in [0, 0.05) is 28.9 Å². The van der Waals surface area contributed by atoms with Gasteiger partial charge in [0.2, 0.25) is 10.0 Å². The van der Waals surface area contributed by atoms with E-state index in [1.54, 1.807) is 40.7 Å². The molecule has 1 aliphatic carbocycles. The van der Waals surface area contributed by atoms with Gasteiger partial charge in [0.15, 0.2) is 0 Å². The molecule has 1 saturated carbocycles. The van der Waals surface area contributed by atoms with Gasteiger partial charge in [-0.1, -0.05) is 43.9 Å². The molecule has 1 amide bonds. The minimum atomic E-state index is -3.57. The molecule has 5 nitrogen and oxygen atoms in total. The molecule has 1 aliphatic rings. The third kappa shape index (κ3) is 4.74. The van der Waals surface area contributed by atoms with Crippen LogP contribution in [0.2, 0.25) is 5.02 Å². The van der Waals surface area contributed by atoms with Crippen LogP contribution in [0.25, 0.3) is 0 Å². The van der Waals surface area contributed by atoms with Crippen molar-refractivity contribution in [2.24, 2.45) is 0 Å². The number of carbonyl (C=O) groups is 1. The fourth-order valence-corrected chi connectivity index (χ4v) is 5.56. The third-order valence-electron chi connectivity index (χ3n) is 5.10. The molecule has 150 valence electrons. The van der Waals surface area contributed by atoms with Gasteiger partial charge in [-0.25, -0.2) is 8.42 Å². The van der Waals surface area contributed by atoms with Crippen molar-refractivity contribution >= 4 is 33.2 Å². The molecule has 0 unspecified atom stereocenters. The van der Waals surface area contributed by atoms with Gasteiger partial charge in [0.25, 0.3) is 5.91 Å². The fourth-order valence-electron chi connectivity index (χ4n) is 3.68. The number of hydrogen-bond donors (Lipinski definition) is 1. The van der Waals surface area contributed by atoms with Crippen molar-refractivity contribution in [1.82, 2.24) is 4.31 Å². The van der Waals surface area contributed by atoms with Crippen molar-refractivity contribution < 1.29 is 13.2 Å². The third-order valence-corrected chi connectivity index (χ3v) is 7.38. The number of sulfonamides is 1. The summed E-state index contributed by atoms with van der Waals surface area (Å²) < 4.78 is 27.8. The van der Waals surface area contributed by atoms with Crippen LogP contribution in [0.15, 0.2) is 53.4 Å². The lowest BCUT2D eigenvalue weighted by atomic mass is 9.95. The van der Waals surface area contributed by atoms with Gasteiger partial charge in [-0.2, -0.15) is 4.31 Å². The molecule has 0 aromatic heterocycles. The molecule has 2 aromatic carbocycles. The van der Waals surface area contributed by atoms with Crippen LogP contribution in [0.5, 0.6) is 0 Å². The van der Waals surface area contributed by atoms with Gasteiger partial charge in [0.1, 0.15) is 0 Å². The molecule has 1 fully saturated rings. The zero-order valence-electron chi connectivity index (χ0n) is 15.9. The number of nitrogens with one attached hydrogen (secondary N) is 1. The van der Waals surface area contributed by atoms with Crippen LogP contribution in [-0.2, 0) is 10.0 Å². The van der Waals surface area contributed by atoms with E-state index in [2.05, 4.69) is 5.32 Å². The highest BCUT2D eigenvalue weighted by Gasteiger charge is 2.31. The van der Waals surface area contributed by atoms with Gasteiger partial charge in [-0.15, -0.1) is 0 Å². The van der Waals surface area contributed by atoms with Gasteiger partial charge in [-0.3, -0.25) is 4.79 Å². The van der Waals surface area contributed by atoms with Crippen molar-refractivity contribution in [2.75, 3.05) is 11.9 Å². The van der Waals surface area contributed by atoms with Gasteiger partial charge in [-0.05, 0) is 55.3 Å². The molecular formula is C21H25ClN2O3S. The second-order valence-electron chi connectivity index (χ2n) is 6.99. The highest BCUT2D eigenvalue weighted by molar-refractivity contribution is 7.89. The van der Waals surface area contributed by atoms with Crippen LogP contribution in [0.3, 0.4) is 0 Å². The Morgan fingerprint density at radius 1 is 1.11 bits per heavy atom. The average Bonchev–Trinajstić information content (AvgIpc) is 2.69. The lowest BCUT2D eigenvalue weighted by molar-refractivity contribution is 0.102. The van der Waals surface area contributed by atoms with Crippen molar-refractivity contribution in [3.8, 4) is 0 Å². The number of rotatable bonds is 6. The van der Waals surface area contributed by atoms with Crippen LogP contribution in [0.4, 0.5) is 5.69 Å². The molecule has 0 bridgehead atoms. The second-order valence-corrected chi connectivity index (χ2v) is 9.32. The number of benzene rings is 2. The first-order chi connectivity index (χ1) is 13.4. The number of nitrogens with zero attached hydrogens (tertiary/aromatic N) is 1.